The van der Waals surface area contributed by atoms with E-state index in [4.69, 9.17) is 0 Å². The summed E-state index contributed by atoms with van der Waals surface area (Å²) in [4.78, 5) is 40.8. The van der Waals surface area contributed by atoms with Crippen LogP contribution in [0.3, 0.4) is 0 Å². The number of aryl methyl sites for hydroxylation is 1. The maximum absolute atomic E-state index is 13.1. The Hall–Kier alpha value is -3.61. The minimum atomic E-state index is -0.946. The fraction of sp³-hybridized carbons (Fsp3) is 0.346. The first-order valence-corrected chi connectivity index (χ1v) is 11.5. The SMILES string of the molecule is CCN1CC(=O)N2Cc3c(c4ccccc4n3Cc3ccc(C(=O)O)cc3)CCCC2C1=O. The third-order valence-corrected chi connectivity index (χ3v) is 6.96. The van der Waals surface area contributed by atoms with Gasteiger partial charge in [0.05, 0.1) is 18.7 Å². The van der Waals surface area contributed by atoms with Crippen molar-refractivity contribution < 1.29 is 19.5 Å². The molecule has 2 aliphatic heterocycles. The molecule has 0 spiro atoms. The lowest BCUT2D eigenvalue weighted by Crippen LogP contribution is -2.59. The van der Waals surface area contributed by atoms with Gasteiger partial charge in [-0.05, 0) is 55.5 Å². The molecule has 170 valence electrons. The van der Waals surface area contributed by atoms with E-state index >= 15 is 0 Å². The number of piperazine rings is 1. The smallest absolute Gasteiger partial charge is 0.335 e. The van der Waals surface area contributed by atoms with Crippen LogP contribution >= 0.6 is 0 Å². The summed E-state index contributed by atoms with van der Waals surface area (Å²) in [6.45, 7) is 3.57. The molecule has 1 aromatic heterocycles. The zero-order valence-electron chi connectivity index (χ0n) is 18.7. The number of likely N-dealkylation sites (N-methyl/N-ethyl adjacent to an activating group) is 1. The van der Waals surface area contributed by atoms with Crippen molar-refractivity contribution in [1.82, 2.24) is 14.4 Å². The summed E-state index contributed by atoms with van der Waals surface area (Å²) in [5.74, 6) is -0.900. The van der Waals surface area contributed by atoms with Gasteiger partial charge in [0.1, 0.15) is 6.04 Å². The van der Waals surface area contributed by atoms with Crippen LogP contribution in [0.1, 0.15) is 46.9 Å². The summed E-state index contributed by atoms with van der Waals surface area (Å²) >= 11 is 0. The van der Waals surface area contributed by atoms with Gasteiger partial charge in [-0.1, -0.05) is 30.3 Å². The number of hydrogen-bond donors (Lipinski definition) is 1. The number of aromatic nitrogens is 1. The van der Waals surface area contributed by atoms with Gasteiger partial charge in [-0.15, -0.1) is 0 Å². The molecule has 1 unspecified atom stereocenters. The Kier molecular flexibility index (Phi) is 5.40. The number of aromatic carboxylic acids is 1. The second-order valence-electron chi connectivity index (χ2n) is 8.81. The number of carbonyl (C=O) groups excluding carboxylic acids is 2. The largest absolute Gasteiger partial charge is 0.478 e. The quantitative estimate of drug-likeness (QED) is 0.668. The topological polar surface area (TPSA) is 82.8 Å². The fourth-order valence-corrected chi connectivity index (χ4v) is 5.23. The summed E-state index contributed by atoms with van der Waals surface area (Å²) in [5, 5.41) is 10.4. The second kappa shape index (κ2) is 8.39. The van der Waals surface area contributed by atoms with Crippen molar-refractivity contribution in [3.05, 3.63) is 70.9 Å². The molecule has 2 aromatic carbocycles. The number of carboxylic acid groups (broad SMARTS) is 1. The van der Waals surface area contributed by atoms with Crippen molar-refractivity contribution in [2.75, 3.05) is 13.1 Å². The Bertz CT molecular complexity index is 1240. The Morgan fingerprint density at radius 1 is 1.06 bits per heavy atom. The molecule has 0 aliphatic carbocycles. The van der Waals surface area contributed by atoms with E-state index in [1.807, 2.05) is 31.2 Å². The van der Waals surface area contributed by atoms with Crippen LogP contribution in [-0.2, 0) is 29.1 Å². The minimum absolute atomic E-state index is 0.00285. The van der Waals surface area contributed by atoms with E-state index in [1.165, 1.54) is 10.9 Å². The van der Waals surface area contributed by atoms with Gasteiger partial charge in [-0.25, -0.2) is 4.79 Å². The molecule has 3 heterocycles. The zero-order valence-corrected chi connectivity index (χ0v) is 18.7. The molecular formula is C26H27N3O4. The number of nitrogens with zero attached hydrogens (tertiary/aromatic N) is 3. The molecule has 1 N–H and O–H groups in total. The van der Waals surface area contributed by atoms with Crippen LogP contribution in [0, 0.1) is 0 Å². The van der Waals surface area contributed by atoms with Crippen molar-refractivity contribution in [2.24, 2.45) is 0 Å². The number of carboxylic acids is 1. The third-order valence-electron chi connectivity index (χ3n) is 6.96. The van der Waals surface area contributed by atoms with E-state index in [2.05, 4.69) is 16.7 Å². The number of para-hydroxylation sites is 1. The zero-order chi connectivity index (χ0) is 23.1. The highest BCUT2D eigenvalue weighted by molar-refractivity contribution is 5.95. The molecule has 0 bridgehead atoms. The summed E-state index contributed by atoms with van der Waals surface area (Å²) < 4.78 is 2.23. The molecule has 5 rings (SSSR count). The van der Waals surface area contributed by atoms with E-state index < -0.39 is 12.0 Å². The molecule has 7 heteroatoms. The van der Waals surface area contributed by atoms with Crippen LogP contribution in [0.5, 0.6) is 0 Å². The molecule has 7 nitrogen and oxygen atoms in total. The first kappa shape index (κ1) is 21.2. The van der Waals surface area contributed by atoms with Crippen molar-refractivity contribution in [1.29, 1.82) is 0 Å². The van der Waals surface area contributed by atoms with Crippen LogP contribution in [0.4, 0.5) is 0 Å². The van der Waals surface area contributed by atoms with E-state index in [9.17, 15) is 19.5 Å². The molecule has 33 heavy (non-hydrogen) atoms. The predicted molar refractivity (Wildman–Crippen MR) is 124 cm³/mol. The van der Waals surface area contributed by atoms with Gasteiger partial charge >= 0.3 is 5.97 Å². The van der Waals surface area contributed by atoms with Crippen LogP contribution in [0.15, 0.2) is 48.5 Å². The molecule has 1 fully saturated rings. The van der Waals surface area contributed by atoms with Crippen LogP contribution < -0.4 is 0 Å². The maximum atomic E-state index is 13.1. The van der Waals surface area contributed by atoms with Crippen molar-refractivity contribution in [3.8, 4) is 0 Å². The van der Waals surface area contributed by atoms with Gasteiger partial charge in [0.2, 0.25) is 11.8 Å². The van der Waals surface area contributed by atoms with Crippen molar-refractivity contribution in [2.45, 2.75) is 45.3 Å². The van der Waals surface area contributed by atoms with E-state index in [0.717, 1.165) is 29.6 Å². The first-order chi connectivity index (χ1) is 16.0. The Balaban J connectivity index is 1.58. The van der Waals surface area contributed by atoms with Gasteiger partial charge in [-0.3, -0.25) is 9.59 Å². The van der Waals surface area contributed by atoms with Gasteiger partial charge in [0.15, 0.2) is 0 Å². The average Bonchev–Trinajstić information content (AvgIpc) is 3.07. The Labute approximate surface area is 192 Å². The second-order valence-corrected chi connectivity index (χ2v) is 8.81. The van der Waals surface area contributed by atoms with Crippen molar-refractivity contribution >= 4 is 28.7 Å². The minimum Gasteiger partial charge on any atom is -0.478 e. The molecular weight excluding hydrogens is 418 g/mol. The van der Waals surface area contributed by atoms with Gasteiger partial charge in [-0.2, -0.15) is 0 Å². The molecule has 1 saturated heterocycles. The number of amides is 2. The highest BCUT2D eigenvalue weighted by atomic mass is 16.4. The number of fused-ring (bicyclic) bond motifs is 4. The lowest BCUT2D eigenvalue weighted by molar-refractivity contribution is -0.156. The summed E-state index contributed by atoms with van der Waals surface area (Å²) in [7, 11) is 0. The Morgan fingerprint density at radius 2 is 1.82 bits per heavy atom. The lowest BCUT2D eigenvalue weighted by atomic mass is 9.95. The number of benzene rings is 2. The van der Waals surface area contributed by atoms with E-state index in [-0.39, 0.29) is 23.9 Å². The van der Waals surface area contributed by atoms with Crippen molar-refractivity contribution in [3.63, 3.8) is 0 Å². The molecule has 2 aliphatic rings. The van der Waals surface area contributed by atoms with Gasteiger partial charge in [0, 0.05) is 29.7 Å². The number of hydrogen-bond acceptors (Lipinski definition) is 3. The normalized spacial score (nSPS) is 18.6. The molecule has 0 radical (unpaired) electrons. The highest BCUT2D eigenvalue weighted by Gasteiger charge is 2.40. The van der Waals surface area contributed by atoms with Crippen LogP contribution in [0.25, 0.3) is 10.9 Å². The maximum Gasteiger partial charge on any atom is 0.335 e. The molecule has 3 aromatic rings. The number of rotatable bonds is 4. The van der Waals surface area contributed by atoms with E-state index in [1.54, 1.807) is 21.9 Å². The predicted octanol–water partition coefficient (Wildman–Crippen LogP) is 3.28. The lowest BCUT2D eigenvalue weighted by Gasteiger charge is -2.41. The summed E-state index contributed by atoms with van der Waals surface area (Å²) in [5.41, 5.74) is 4.64. The average molecular weight is 446 g/mol. The fourth-order valence-electron chi connectivity index (χ4n) is 5.23. The highest BCUT2D eigenvalue weighted by Crippen LogP contribution is 2.33. The van der Waals surface area contributed by atoms with Gasteiger partial charge in [0.25, 0.3) is 0 Å². The molecule has 0 saturated carbocycles. The van der Waals surface area contributed by atoms with Crippen LogP contribution in [0.2, 0.25) is 0 Å². The summed E-state index contributed by atoms with van der Waals surface area (Å²) in [6.07, 6.45) is 2.38. The molecule has 1 atom stereocenters. The number of carbonyl (C=O) groups is 3. The van der Waals surface area contributed by atoms with Crippen LogP contribution in [-0.4, -0.2) is 56.4 Å². The van der Waals surface area contributed by atoms with E-state index in [0.29, 0.717) is 26.1 Å². The summed E-state index contributed by atoms with van der Waals surface area (Å²) in [6, 6.07) is 14.8. The molecule has 2 amide bonds. The van der Waals surface area contributed by atoms with Gasteiger partial charge < -0.3 is 19.5 Å². The Morgan fingerprint density at radius 3 is 2.55 bits per heavy atom. The standard InChI is InChI=1S/C26H27N3O4/c1-2-27-16-24(30)29-15-23-20(7-5-9-22(29)25(27)31)19-6-3-4-8-21(19)28(23)14-17-10-12-18(13-11-17)26(32)33/h3-4,6,8,10-13,22H,2,5,7,9,14-16H2,1H3,(H,32,33). The third kappa shape index (κ3) is 3.67. The monoisotopic (exact) mass is 445 g/mol. The first-order valence-electron chi connectivity index (χ1n) is 11.5.